The molecule has 1 heterocycles. The maximum atomic E-state index is 5.89. The monoisotopic (exact) mass is 204 g/mol. The number of hydrogen-bond acceptors (Lipinski definition) is 2. The first-order valence-corrected chi connectivity index (χ1v) is 5.82. The van der Waals surface area contributed by atoms with Crippen LogP contribution in [0.25, 0.3) is 0 Å². The van der Waals surface area contributed by atoms with Crippen LogP contribution < -0.4 is 5.73 Å². The number of nitrogens with zero attached hydrogens (tertiary/aromatic N) is 1. The Morgan fingerprint density at radius 3 is 2.67 bits per heavy atom. The SMILES string of the molecule is Cc1cccc([C@@H](CN)N2CCCC2)c1. The lowest BCUT2D eigenvalue weighted by Gasteiger charge is -2.26. The molecular formula is C13H20N2. The van der Waals surface area contributed by atoms with Gasteiger partial charge in [0.25, 0.3) is 0 Å². The predicted octanol–water partition coefficient (Wildman–Crippen LogP) is 2.09. The highest BCUT2D eigenvalue weighted by Gasteiger charge is 2.21. The molecule has 0 spiro atoms. The van der Waals surface area contributed by atoms with E-state index in [9.17, 15) is 0 Å². The fourth-order valence-electron chi connectivity index (χ4n) is 2.43. The van der Waals surface area contributed by atoms with Crippen molar-refractivity contribution in [3.05, 3.63) is 35.4 Å². The molecule has 0 aromatic heterocycles. The zero-order valence-corrected chi connectivity index (χ0v) is 9.45. The van der Waals surface area contributed by atoms with Crippen LogP contribution in [0, 0.1) is 6.92 Å². The third-order valence-electron chi connectivity index (χ3n) is 3.23. The van der Waals surface area contributed by atoms with Crippen molar-refractivity contribution < 1.29 is 0 Å². The fourth-order valence-corrected chi connectivity index (χ4v) is 2.43. The summed E-state index contributed by atoms with van der Waals surface area (Å²) in [6.45, 7) is 5.27. The number of hydrogen-bond donors (Lipinski definition) is 1. The summed E-state index contributed by atoms with van der Waals surface area (Å²) in [4.78, 5) is 2.51. The molecule has 1 fully saturated rings. The Labute approximate surface area is 92.1 Å². The molecule has 1 saturated heterocycles. The first kappa shape index (κ1) is 10.7. The summed E-state index contributed by atoms with van der Waals surface area (Å²) < 4.78 is 0. The number of aryl methyl sites for hydroxylation is 1. The third-order valence-corrected chi connectivity index (χ3v) is 3.23. The number of rotatable bonds is 3. The van der Waals surface area contributed by atoms with Crippen molar-refractivity contribution in [1.29, 1.82) is 0 Å². The van der Waals surface area contributed by atoms with Crippen molar-refractivity contribution in [2.24, 2.45) is 5.73 Å². The Balaban J connectivity index is 2.18. The molecule has 2 nitrogen and oxygen atoms in total. The second kappa shape index (κ2) is 4.77. The largest absolute Gasteiger partial charge is 0.329 e. The molecule has 1 aromatic carbocycles. The second-order valence-electron chi connectivity index (χ2n) is 4.41. The van der Waals surface area contributed by atoms with Gasteiger partial charge in [-0.1, -0.05) is 29.8 Å². The topological polar surface area (TPSA) is 29.3 Å². The molecule has 0 aliphatic carbocycles. The first-order chi connectivity index (χ1) is 7.31. The molecular weight excluding hydrogens is 184 g/mol. The van der Waals surface area contributed by atoms with Gasteiger partial charge in [-0.25, -0.2) is 0 Å². The minimum Gasteiger partial charge on any atom is -0.329 e. The van der Waals surface area contributed by atoms with E-state index in [1.165, 1.54) is 37.1 Å². The summed E-state index contributed by atoms with van der Waals surface area (Å²) in [5, 5.41) is 0. The van der Waals surface area contributed by atoms with E-state index < -0.39 is 0 Å². The Bertz CT molecular complexity index is 316. The molecule has 1 aliphatic rings. The van der Waals surface area contributed by atoms with Crippen molar-refractivity contribution in [3.8, 4) is 0 Å². The van der Waals surface area contributed by atoms with Crippen LogP contribution in [-0.4, -0.2) is 24.5 Å². The summed E-state index contributed by atoms with van der Waals surface area (Å²) in [5.74, 6) is 0. The lowest BCUT2D eigenvalue weighted by molar-refractivity contribution is 0.251. The maximum Gasteiger partial charge on any atom is 0.0470 e. The van der Waals surface area contributed by atoms with Crippen LogP contribution >= 0.6 is 0 Å². The normalized spacial score (nSPS) is 19.3. The average Bonchev–Trinajstić information content (AvgIpc) is 2.72. The van der Waals surface area contributed by atoms with Gasteiger partial charge in [0.05, 0.1) is 0 Å². The second-order valence-corrected chi connectivity index (χ2v) is 4.41. The van der Waals surface area contributed by atoms with E-state index in [1.807, 2.05) is 0 Å². The van der Waals surface area contributed by atoms with Gasteiger partial charge in [-0.3, -0.25) is 4.90 Å². The Morgan fingerprint density at radius 2 is 2.07 bits per heavy atom. The third kappa shape index (κ3) is 2.39. The summed E-state index contributed by atoms with van der Waals surface area (Å²) in [5.41, 5.74) is 8.59. The van der Waals surface area contributed by atoms with Gasteiger partial charge < -0.3 is 5.73 Å². The van der Waals surface area contributed by atoms with Gasteiger partial charge in [-0.05, 0) is 38.4 Å². The van der Waals surface area contributed by atoms with Gasteiger partial charge in [0.2, 0.25) is 0 Å². The molecule has 1 aromatic rings. The first-order valence-electron chi connectivity index (χ1n) is 5.82. The van der Waals surface area contributed by atoms with E-state index in [2.05, 4.69) is 36.1 Å². The van der Waals surface area contributed by atoms with E-state index in [0.717, 1.165) is 6.54 Å². The van der Waals surface area contributed by atoms with E-state index >= 15 is 0 Å². The van der Waals surface area contributed by atoms with Gasteiger partial charge in [-0.2, -0.15) is 0 Å². The molecule has 2 N–H and O–H groups in total. The quantitative estimate of drug-likeness (QED) is 0.817. The van der Waals surface area contributed by atoms with Crippen molar-refractivity contribution in [3.63, 3.8) is 0 Å². The Morgan fingerprint density at radius 1 is 1.33 bits per heavy atom. The van der Waals surface area contributed by atoms with Crippen LogP contribution in [0.4, 0.5) is 0 Å². The molecule has 1 atom stereocenters. The molecule has 0 unspecified atom stereocenters. The van der Waals surface area contributed by atoms with Crippen molar-refractivity contribution in [1.82, 2.24) is 4.90 Å². The molecule has 0 saturated carbocycles. The van der Waals surface area contributed by atoms with Crippen LogP contribution in [0.15, 0.2) is 24.3 Å². The maximum absolute atomic E-state index is 5.89. The van der Waals surface area contributed by atoms with Crippen LogP contribution in [0.3, 0.4) is 0 Å². The minimum atomic E-state index is 0.424. The highest BCUT2D eigenvalue weighted by atomic mass is 15.2. The van der Waals surface area contributed by atoms with Crippen LogP contribution in [0.5, 0.6) is 0 Å². The van der Waals surface area contributed by atoms with Gasteiger partial charge in [0, 0.05) is 12.6 Å². The predicted molar refractivity (Wildman–Crippen MR) is 63.8 cm³/mol. The van der Waals surface area contributed by atoms with Crippen LogP contribution in [-0.2, 0) is 0 Å². The van der Waals surface area contributed by atoms with E-state index in [4.69, 9.17) is 5.73 Å². The molecule has 2 heteroatoms. The molecule has 15 heavy (non-hydrogen) atoms. The minimum absolute atomic E-state index is 0.424. The molecule has 0 radical (unpaired) electrons. The summed E-state index contributed by atoms with van der Waals surface area (Å²) in [6, 6.07) is 9.15. The van der Waals surface area contributed by atoms with Crippen LogP contribution in [0.1, 0.15) is 30.0 Å². The summed E-state index contributed by atoms with van der Waals surface area (Å²) in [7, 11) is 0. The highest BCUT2D eigenvalue weighted by molar-refractivity contribution is 5.25. The van der Waals surface area contributed by atoms with Crippen molar-refractivity contribution >= 4 is 0 Å². The van der Waals surface area contributed by atoms with Crippen molar-refractivity contribution in [2.75, 3.05) is 19.6 Å². The molecule has 82 valence electrons. The molecule has 0 bridgehead atoms. The number of benzene rings is 1. The smallest absolute Gasteiger partial charge is 0.0470 e. The lowest BCUT2D eigenvalue weighted by Crippen LogP contribution is -2.31. The zero-order valence-electron chi connectivity index (χ0n) is 9.45. The van der Waals surface area contributed by atoms with Gasteiger partial charge >= 0.3 is 0 Å². The zero-order chi connectivity index (χ0) is 10.7. The fraction of sp³-hybridized carbons (Fsp3) is 0.538. The van der Waals surface area contributed by atoms with Gasteiger partial charge in [0.1, 0.15) is 0 Å². The van der Waals surface area contributed by atoms with E-state index in [1.54, 1.807) is 0 Å². The average molecular weight is 204 g/mol. The van der Waals surface area contributed by atoms with Crippen molar-refractivity contribution in [2.45, 2.75) is 25.8 Å². The molecule has 2 rings (SSSR count). The van der Waals surface area contributed by atoms with E-state index in [-0.39, 0.29) is 0 Å². The van der Waals surface area contributed by atoms with E-state index in [0.29, 0.717) is 6.04 Å². The highest BCUT2D eigenvalue weighted by Crippen LogP contribution is 2.24. The standard InChI is InChI=1S/C13H20N2/c1-11-5-4-6-12(9-11)13(10-14)15-7-2-3-8-15/h4-6,9,13H,2-3,7-8,10,14H2,1H3/t13-/m1/s1. The lowest BCUT2D eigenvalue weighted by atomic mass is 10.0. The Kier molecular flexibility index (Phi) is 3.39. The summed E-state index contributed by atoms with van der Waals surface area (Å²) in [6.07, 6.45) is 2.64. The molecule has 0 amide bonds. The Hall–Kier alpha value is -0.860. The molecule has 1 aliphatic heterocycles. The number of nitrogens with two attached hydrogens (primary N) is 1. The number of likely N-dealkylation sites (tertiary alicyclic amines) is 1. The van der Waals surface area contributed by atoms with Gasteiger partial charge in [-0.15, -0.1) is 0 Å². The van der Waals surface area contributed by atoms with Gasteiger partial charge in [0.15, 0.2) is 0 Å². The van der Waals surface area contributed by atoms with Crippen LogP contribution in [0.2, 0.25) is 0 Å². The summed E-state index contributed by atoms with van der Waals surface area (Å²) >= 11 is 0.